The Labute approximate surface area is 148 Å². The van der Waals surface area contributed by atoms with Gasteiger partial charge in [0, 0.05) is 37.5 Å². The third kappa shape index (κ3) is 4.35. The number of benzene rings is 2. The molecule has 4 heteroatoms. The maximum absolute atomic E-state index is 12.2. The van der Waals surface area contributed by atoms with Crippen LogP contribution in [-0.4, -0.2) is 22.0 Å². The highest BCUT2D eigenvalue weighted by Crippen LogP contribution is 2.19. The lowest BCUT2D eigenvalue weighted by atomic mass is 10.0. The molecule has 0 spiro atoms. The molecule has 0 fully saturated rings. The van der Waals surface area contributed by atoms with E-state index >= 15 is 0 Å². The van der Waals surface area contributed by atoms with Crippen LogP contribution < -0.4 is 5.32 Å². The van der Waals surface area contributed by atoms with Crippen LogP contribution in [-0.2, 0) is 13.0 Å². The van der Waals surface area contributed by atoms with E-state index in [9.17, 15) is 4.79 Å². The second-order valence-corrected chi connectivity index (χ2v) is 5.94. The molecule has 0 aliphatic heterocycles. The van der Waals surface area contributed by atoms with Gasteiger partial charge in [-0.2, -0.15) is 0 Å². The summed E-state index contributed by atoms with van der Waals surface area (Å²) in [6.45, 7) is 3.62. The zero-order chi connectivity index (χ0) is 17.5. The number of nitrogens with zero attached hydrogens (tertiary/aromatic N) is 2. The van der Waals surface area contributed by atoms with Crippen LogP contribution in [0.5, 0.6) is 0 Å². The van der Waals surface area contributed by atoms with Crippen molar-refractivity contribution in [1.82, 2.24) is 14.9 Å². The normalized spacial score (nSPS) is 10.6. The van der Waals surface area contributed by atoms with Gasteiger partial charge in [0.1, 0.15) is 5.82 Å². The molecule has 0 atom stereocenters. The SMILES string of the molecule is CCc1nccn1CCCNC(=O)c1ccc(-c2ccccc2)cc1. The van der Waals surface area contributed by atoms with Gasteiger partial charge < -0.3 is 9.88 Å². The second kappa shape index (κ2) is 8.29. The van der Waals surface area contributed by atoms with E-state index in [1.54, 1.807) is 0 Å². The molecule has 0 saturated heterocycles. The van der Waals surface area contributed by atoms with Crippen LogP contribution in [0.1, 0.15) is 29.5 Å². The molecule has 1 aromatic heterocycles. The number of carbonyl (C=O) groups excluding carboxylic acids is 1. The summed E-state index contributed by atoms with van der Waals surface area (Å²) in [7, 11) is 0. The number of aryl methyl sites for hydroxylation is 2. The third-order valence-electron chi connectivity index (χ3n) is 4.23. The summed E-state index contributed by atoms with van der Waals surface area (Å²) in [5.41, 5.74) is 2.96. The molecule has 1 N–H and O–H groups in total. The van der Waals surface area contributed by atoms with E-state index in [0.717, 1.165) is 36.3 Å². The van der Waals surface area contributed by atoms with Crippen LogP contribution >= 0.6 is 0 Å². The summed E-state index contributed by atoms with van der Waals surface area (Å²) < 4.78 is 2.14. The number of rotatable bonds is 7. The minimum atomic E-state index is -0.0269. The molecular weight excluding hydrogens is 310 g/mol. The monoisotopic (exact) mass is 333 g/mol. The number of nitrogens with one attached hydrogen (secondary N) is 1. The van der Waals surface area contributed by atoms with Gasteiger partial charge in [-0.1, -0.05) is 49.4 Å². The zero-order valence-electron chi connectivity index (χ0n) is 14.5. The van der Waals surface area contributed by atoms with E-state index < -0.39 is 0 Å². The third-order valence-corrected chi connectivity index (χ3v) is 4.23. The fraction of sp³-hybridized carbons (Fsp3) is 0.238. The number of imidazole rings is 1. The van der Waals surface area contributed by atoms with Gasteiger partial charge in [0.15, 0.2) is 0 Å². The Balaban J connectivity index is 1.50. The van der Waals surface area contributed by atoms with Crippen molar-refractivity contribution < 1.29 is 4.79 Å². The van der Waals surface area contributed by atoms with Crippen molar-refractivity contribution in [2.75, 3.05) is 6.54 Å². The van der Waals surface area contributed by atoms with Gasteiger partial charge in [-0.05, 0) is 29.7 Å². The van der Waals surface area contributed by atoms with E-state index in [4.69, 9.17) is 0 Å². The zero-order valence-corrected chi connectivity index (χ0v) is 14.5. The van der Waals surface area contributed by atoms with Crippen LogP contribution in [0.25, 0.3) is 11.1 Å². The molecule has 3 rings (SSSR count). The Bertz CT molecular complexity index is 807. The predicted octanol–water partition coefficient (Wildman–Crippen LogP) is 3.93. The summed E-state index contributed by atoms with van der Waals surface area (Å²) in [4.78, 5) is 16.6. The molecule has 0 unspecified atom stereocenters. The quantitative estimate of drug-likeness (QED) is 0.666. The highest BCUT2D eigenvalue weighted by molar-refractivity contribution is 5.94. The molecule has 0 aliphatic rings. The van der Waals surface area contributed by atoms with Gasteiger partial charge in [0.25, 0.3) is 5.91 Å². The maximum atomic E-state index is 12.2. The Kier molecular flexibility index (Phi) is 5.62. The van der Waals surface area contributed by atoms with Crippen molar-refractivity contribution in [2.24, 2.45) is 0 Å². The Morgan fingerprint density at radius 3 is 2.48 bits per heavy atom. The largest absolute Gasteiger partial charge is 0.352 e. The molecule has 1 heterocycles. The van der Waals surface area contributed by atoms with Crippen molar-refractivity contribution in [3.8, 4) is 11.1 Å². The van der Waals surface area contributed by atoms with Gasteiger partial charge in [0.05, 0.1) is 0 Å². The maximum Gasteiger partial charge on any atom is 0.251 e. The molecular formula is C21H23N3O. The second-order valence-electron chi connectivity index (χ2n) is 5.94. The molecule has 1 amide bonds. The van der Waals surface area contributed by atoms with Crippen LogP contribution in [0.2, 0.25) is 0 Å². The summed E-state index contributed by atoms with van der Waals surface area (Å²) in [6, 6.07) is 17.9. The van der Waals surface area contributed by atoms with Gasteiger partial charge in [-0.25, -0.2) is 4.98 Å². The molecule has 0 saturated carbocycles. The average Bonchev–Trinajstić information content (AvgIpc) is 3.13. The summed E-state index contributed by atoms with van der Waals surface area (Å²) >= 11 is 0. The lowest BCUT2D eigenvalue weighted by Gasteiger charge is -2.08. The molecule has 0 bridgehead atoms. The fourth-order valence-corrected chi connectivity index (χ4v) is 2.86. The molecule has 3 aromatic rings. The van der Waals surface area contributed by atoms with Crippen LogP contribution in [0, 0.1) is 0 Å². The number of hydrogen-bond donors (Lipinski definition) is 1. The lowest BCUT2D eigenvalue weighted by molar-refractivity contribution is 0.0952. The van der Waals surface area contributed by atoms with Crippen LogP contribution in [0.3, 0.4) is 0 Å². The first-order chi connectivity index (χ1) is 12.3. The Hall–Kier alpha value is -2.88. The van der Waals surface area contributed by atoms with Crippen molar-refractivity contribution in [3.63, 3.8) is 0 Å². The topological polar surface area (TPSA) is 46.9 Å². The van der Waals surface area contributed by atoms with Gasteiger partial charge in [0.2, 0.25) is 0 Å². The highest BCUT2D eigenvalue weighted by Gasteiger charge is 2.06. The smallest absolute Gasteiger partial charge is 0.251 e. The lowest BCUT2D eigenvalue weighted by Crippen LogP contribution is -2.25. The minimum Gasteiger partial charge on any atom is -0.352 e. The van der Waals surface area contributed by atoms with Crippen LogP contribution in [0.15, 0.2) is 67.0 Å². The van der Waals surface area contributed by atoms with Crippen molar-refractivity contribution in [3.05, 3.63) is 78.4 Å². The molecule has 25 heavy (non-hydrogen) atoms. The van der Waals surface area contributed by atoms with E-state index in [2.05, 4.69) is 33.9 Å². The predicted molar refractivity (Wildman–Crippen MR) is 100 cm³/mol. The molecule has 128 valence electrons. The number of amides is 1. The fourth-order valence-electron chi connectivity index (χ4n) is 2.86. The van der Waals surface area contributed by atoms with Gasteiger partial charge in [-0.3, -0.25) is 4.79 Å². The summed E-state index contributed by atoms with van der Waals surface area (Å²) in [5, 5.41) is 2.99. The molecule has 2 aromatic carbocycles. The van der Waals surface area contributed by atoms with Crippen molar-refractivity contribution >= 4 is 5.91 Å². The van der Waals surface area contributed by atoms with Gasteiger partial charge in [-0.15, -0.1) is 0 Å². The van der Waals surface area contributed by atoms with Crippen molar-refractivity contribution in [2.45, 2.75) is 26.3 Å². The Morgan fingerprint density at radius 2 is 1.76 bits per heavy atom. The van der Waals surface area contributed by atoms with E-state index in [-0.39, 0.29) is 5.91 Å². The number of carbonyl (C=O) groups is 1. The van der Waals surface area contributed by atoms with E-state index in [1.165, 1.54) is 0 Å². The van der Waals surface area contributed by atoms with Gasteiger partial charge >= 0.3 is 0 Å². The minimum absolute atomic E-state index is 0.0269. The molecule has 0 aliphatic carbocycles. The Morgan fingerprint density at radius 1 is 1.04 bits per heavy atom. The van der Waals surface area contributed by atoms with Crippen molar-refractivity contribution in [1.29, 1.82) is 0 Å². The summed E-state index contributed by atoms with van der Waals surface area (Å²) in [5.74, 6) is 1.06. The first kappa shape index (κ1) is 17.0. The average molecular weight is 333 g/mol. The molecule has 0 radical (unpaired) electrons. The molecule has 4 nitrogen and oxygen atoms in total. The number of aromatic nitrogens is 2. The highest BCUT2D eigenvalue weighted by atomic mass is 16.1. The van der Waals surface area contributed by atoms with E-state index in [0.29, 0.717) is 12.1 Å². The number of hydrogen-bond acceptors (Lipinski definition) is 2. The first-order valence-corrected chi connectivity index (χ1v) is 8.71. The van der Waals surface area contributed by atoms with E-state index in [1.807, 2.05) is 54.9 Å². The summed E-state index contributed by atoms with van der Waals surface area (Å²) in [6.07, 6.45) is 5.62. The van der Waals surface area contributed by atoms with Crippen LogP contribution in [0.4, 0.5) is 0 Å². The first-order valence-electron chi connectivity index (χ1n) is 8.71. The standard InChI is InChI=1S/C21H23N3O/c1-2-20-22-14-16-24(20)15-6-13-23-21(25)19-11-9-18(10-12-19)17-7-4-3-5-8-17/h3-5,7-12,14,16H,2,6,13,15H2,1H3,(H,23,25).